The van der Waals surface area contributed by atoms with Gasteiger partial charge in [0, 0.05) is 156 Å². The average molecular weight is 1490 g/mol. The van der Waals surface area contributed by atoms with Crippen LogP contribution in [0.4, 0.5) is 4.79 Å². The van der Waals surface area contributed by atoms with Crippen LogP contribution in [-0.2, 0) is 166 Å². The van der Waals surface area contributed by atoms with Crippen molar-refractivity contribution < 1.29 is 171 Å². The standard InChI is InChI=1S/C65H115NO36/c1-66(2)65(67)102-57-50(81-16)43-36(29-74-9)94-64(57)101-42-35(28-73-8)93-62(56(87-22)49(42)80-15)99-40-33(26-71-6)91-60(54(85-20)47(40)78-13)97-38-31(24-69-4)89-58(52(83-18)45(38)76-11)95-37-30(23-68-3)88-59(51(82-17)44(37)75-10)96-39-32(25-70-5)90-61(53(84-19)46(39)77-12)98-41-34(27-72-7)92-63(100-43)55(86-21)48(41)79-14/h30-64H,23-29H2,1-22H3/t30-,31-,32-,33-,34-,35-,36-,37-,38-,39-,40-,41-,42-,43-,44+,45-,46+,47-,48+,49-,50+,51-,52+,53-,54+,55-,56+,57-,58-,59-,60-,61-,62-,63-,64-/m1/s1. The summed E-state index contributed by atoms with van der Waals surface area (Å²) in [5.74, 6) is 0. The monoisotopic (exact) mass is 1490 g/mol. The van der Waals surface area contributed by atoms with Crippen molar-refractivity contribution in [1.29, 1.82) is 0 Å². The minimum atomic E-state index is -1.49. The third-order valence-electron chi connectivity index (χ3n) is 19.6. The van der Waals surface area contributed by atoms with Gasteiger partial charge >= 0.3 is 6.09 Å². The van der Waals surface area contributed by atoms with E-state index in [9.17, 15) is 4.79 Å². The van der Waals surface area contributed by atoms with Gasteiger partial charge in [0.2, 0.25) is 0 Å². The molecule has 0 spiro atoms. The first-order chi connectivity index (χ1) is 49.5. The van der Waals surface area contributed by atoms with Crippen LogP contribution < -0.4 is 0 Å². The van der Waals surface area contributed by atoms with E-state index in [0.717, 1.165) is 0 Å². The number of carbonyl (C=O) groups excluding carboxylic acids is 1. The van der Waals surface area contributed by atoms with Gasteiger partial charge in [-0.2, -0.15) is 0 Å². The highest BCUT2D eigenvalue weighted by Crippen LogP contribution is 2.43. The number of hydrogen-bond acceptors (Lipinski definition) is 36. The van der Waals surface area contributed by atoms with Crippen LogP contribution >= 0.6 is 0 Å². The molecule has 37 heteroatoms. The minimum absolute atomic E-state index is 0.0529. The Morgan fingerprint density at radius 3 is 0.480 bits per heavy atom. The maximum absolute atomic E-state index is 14.0. The second-order valence-corrected chi connectivity index (χ2v) is 25.5. The summed E-state index contributed by atoms with van der Waals surface area (Å²) in [6, 6.07) is 0. The summed E-state index contributed by atoms with van der Waals surface area (Å²) in [4.78, 5) is 15.2. The number of hydrogen-bond donors (Lipinski definition) is 0. The lowest BCUT2D eigenvalue weighted by atomic mass is 9.94. The summed E-state index contributed by atoms with van der Waals surface area (Å²) in [5, 5.41) is 0. The van der Waals surface area contributed by atoms with Crippen LogP contribution in [0.15, 0.2) is 0 Å². The molecule has 0 aliphatic carbocycles. The minimum Gasteiger partial charge on any atom is -0.438 e. The Labute approximate surface area is 597 Å². The average Bonchev–Trinajstić information content (AvgIpc) is 0.765. The predicted molar refractivity (Wildman–Crippen MR) is 342 cm³/mol. The van der Waals surface area contributed by atoms with Gasteiger partial charge in [0.05, 0.1) is 46.2 Å². The molecule has 21 aliphatic heterocycles. The zero-order chi connectivity index (χ0) is 74.1. The summed E-state index contributed by atoms with van der Waals surface area (Å²) < 4.78 is 226. The van der Waals surface area contributed by atoms with Crippen molar-refractivity contribution in [3.63, 3.8) is 0 Å². The Kier molecular flexibility index (Phi) is 34.9. The number of ether oxygens (including phenoxy) is 35. The van der Waals surface area contributed by atoms with Gasteiger partial charge in [-0.25, -0.2) is 4.79 Å². The molecule has 21 heterocycles. The maximum Gasteiger partial charge on any atom is 0.409 e. The summed E-state index contributed by atoms with van der Waals surface area (Å²) >= 11 is 0. The van der Waals surface area contributed by atoms with E-state index in [0.29, 0.717) is 0 Å². The molecule has 0 N–H and O–H groups in total. The lowest BCUT2D eigenvalue weighted by molar-refractivity contribution is -0.402. The quantitative estimate of drug-likeness (QED) is 0.0865. The third-order valence-corrected chi connectivity index (χ3v) is 19.6. The molecule has 21 rings (SSSR count). The van der Waals surface area contributed by atoms with Crippen LogP contribution in [0.1, 0.15) is 0 Å². The molecule has 0 unspecified atom stereocenters. The Morgan fingerprint density at radius 1 is 0.216 bits per heavy atom. The number of methoxy groups -OCH3 is 20. The van der Waals surface area contributed by atoms with Gasteiger partial charge in [-0.15, -0.1) is 0 Å². The van der Waals surface area contributed by atoms with E-state index < -0.39 is 221 Å². The Balaban J connectivity index is 1.26. The Hall–Kier alpha value is -2.09. The van der Waals surface area contributed by atoms with Gasteiger partial charge in [0.1, 0.15) is 165 Å². The van der Waals surface area contributed by atoms with Crippen molar-refractivity contribution in [2.75, 3.05) is 203 Å². The predicted octanol–water partition coefficient (Wildman–Crippen LogP) is -1.44. The molecule has 0 saturated carbocycles. The number of carbonyl (C=O) groups is 1. The molecule has 1 amide bonds. The Bertz CT molecular complexity index is 2360. The van der Waals surface area contributed by atoms with E-state index in [1.807, 2.05) is 0 Å². The van der Waals surface area contributed by atoms with E-state index in [4.69, 9.17) is 166 Å². The maximum atomic E-state index is 14.0. The zero-order valence-corrected chi connectivity index (χ0v) is 62.8. The first-order valence-electron chi connectivity index (χ1n) is 33.8. The summed E-state index contributed by atoms with van der Waals surface area (Å²) in [6.45, 7) is -0.590. The fourth-order valence-electron chi connectivity index (χ4n) is 15.0. The molecule has 102 heavy (non-hydrogen) atoms. The van der Waals surface area contributed by atoms with Gasteiger partial charge in [0.15, 0.2) is 50.1 Å². The molecule has 0 aromatic heterocycles. The molecule has 0 aromatic carbocycles. The van der Waals surface area contributed by atoms with Crippen molar-refractivity contribution in [3.05, 3.63) is 0 Å². The van der Waals surface area contributed by atoms with Crippen LogP contribution in [0.2, 0.25) is 0 Å². The van der Waals surface area contributed by atoms with Crippen LogP contribution in [-0.4, -0.2) is 428 Å². The highest BCUT2D eigenvalue weighted by Gasteiger charge is 2.62. The zero-order valence-electron chi connectivity index (χ0n) is 62.8. The van der Waals surface area contributed by atoms with Gasteiger partial charge in [-0.3, -0.25) is 0 Å². The van der Waals surface area contributed by atoms with E-state index in [1.54, 1.807) is 0 Å². The molecule has 37 nitrogen and oxygen atoms in total. The number of amides is 1. The first kappa shape index (κ1) is 85.5. The normalized spacial score (nSPS) is 44.6. The van der Waals surface area contributed by atoms with Gasteiger partial charge in [0.25, 0.3) is 0 Å². The van der Waals surface area contributed by atoms with Crippen molar-refractivity contribution in [2.24, 2.45) is 0 Å². The second kappa shape index (κ2) is 41.6. The molecule has 21 aliphatic rings. The van der Waals surface area contributed by atoms with Crippen LogP contribution in [0.3, 0.4) is 0 Å². The Morgan fingerprint density at radius 2 is 0.353 bits per heavy atom. The van der Waals surface area contributed by atoms with Crippen molar-refractivity contribution in [2.45, 2.75) is 215 Å². The van der Waals surface area contributed by atoms with E-state index >= 15 is 0 Å². The van der Waals surface area contributed by atoms with Crippen LogP contribution in [0.25, 0.3) is 0 Å². The van der Waals surface area contributed by atoms with Gasteiger partial charge in [-0.1, -0.05) is 0 Å². The third kappa shape index (κ3) is 18.8. The molecule has 35 atom stereocenters. The summed E-state index contributed by atoms with van der Waals surface area (Å²) in [7, 11) is 32.7. The lowest BCUT2D eigenvalue weighted by Gasteiger charge is -2.52. The fourth-order valence-corrected chi connectivity index (χ4v) is 15.0. The highest BCUT2D eigenvalue weighted by molar-refractivity contribution is 5.67. The molecule has 21 fully saturated rings. The topological polar surface area (TPSA) is 343 Å². The summed E-state index contributed by atoms with van der Waals surface area (Å²) in [5.41, 5.74) is 0. The number of nitrogens with zero attached hydrogens (tertiary/aromatic N) is 1. The largest absolute Gasteiger partial charge is 0.438 e. The molecule has 0 radical (unpaired) electrons. The van der Waals surface area contributed by atoms with Gasteiger partial charge < -0.3 is 171 Å². The van der Waals surface area contributed by atoms with Crippen LogP contribution in [0, 0.1) is 0 Å². The van der Waals surface area contributed by atoms with Crippen molar-refractivity contribution in [1.82, 2.24) is 4.90 Å². The fraction of sp³-hybridized carbons (Fsp3) is 0.985. The van der Waals surface area contributed by atoms with Crippen molar-refractivity contribution >= 4 is 6.09 Å². The SMILES string of the molecule is COC[C@H]1O[C@@H]2O[C@H]3[C@H](OC)[C@@H](OC)[C@@H](O[C@H]4[C@H](OC)[C@@H](OC)[C@@H](O[C@H]5[C@H](OC)[C@@H](OC(=O)N(C)C)[C@@H](O[C@H]6[C@@H](OC)[C@H](OC)[C@@H](O[C@H]7[C@@H](OC)[C@H](OC)[C@@H](O[C@H]8[C@@H](OC)[C@H](OC)[C@@H](O[C@H]1[C@H](OC)[C@H]2OC)O[C@@H]8COC)O[C@@H]7COC)O[C@@H]6COC)O[C@@H]5COC)O[C@@H]4COC)O[C@@H]3COC. The van der Waals surface area contributed by atoms with E-state index in [1.165, 1.54) is 161 Å². The van der Waals surface area contributed by atoms with Gasteiger partial charge in [-0.05, 0) is 0 Å². The molecule has 14 bridgehead atoms. The van der Waals surface area contributed by atoms with E-state index in [2.05, 4.69) is 0 Å². The molecule has 596 valence electrons. The second-order valence-electron chi connectivity index (χ2n) is 25.5. The first-order valence-corrected chi connectivity index (χ1v) is 33.8. The van der Waals surface area contributed by atoms with Crippen molar-refractivity contribution in [3.8, 4) is 0 Å². The molecular weight excluding hydrogens is 1370 g/mol. The molecular formula is C65H115NO36. The number of rotatable bonds is 28. The molecule has 0 aromatic rings. The highest BCUT2D eigenvalue weighted by atomic mass is 16.8. The van der Waals surface area contributed by atoms with E-state index in [-0.39, 0.29) is 46.2 Å². The molecule has 21 saturated heterocycles. The van der Waals surface area contributed by atoms with Crippen LogP contribution in [0.5, 0.6) is 0 Å². The smallest absolute Gasteiger partial charge is 0.409 e. The lowest BCUT2D eigenvalue weighted by Crippen LogP contribution is -2.69. The summed E-state index contributed by atoms with van der Waals surface area (Å²) in [6.07, 6.45) is -39.5.